The van der Waals surface area contributed by atoms with Crippen molar-refractivity contribution in [2.45, 2.75) is 32.8 Å². The molecule has 0 saturated heterocycles. The summed E-state index contributed by atoms with van der Waals surface area (Å²) in [5, 5.41) is 23.0. The summed E-state index contributed by atoms with van der Waals surface area (Å²) in [5.41, 5.74) is 2.44. The number of carbonyl (C=O) groups is 1. The van der Waals surface area contributed by atoms with Crippen molar-refractivity contribution in [3.8, 4) is 5.69 Å². The lowest BCUT2D eigenvalue weighted by Gasteiger charge is -2.11. The van der Waals surface area contributed by atoms with Crippen LogP contribution < -0.4 is 5.32 Å². The maximum absolute atomic E-state index is 11.8. The van der Waals surface area contributed by atoms with Crippen molar-refractivity contribution in [2.24, 2.45) is 0 Å². The summed E-state index contributed by atoms with van der Waals surface area (Å²) in [7, 11) is 0. The molecule has 2 aromatic rings. The third kappa shape index (κ3) is 3.61. The molecular weight excluding hydrogens is 258 g/mol. The molecule has 1 amide bonds. The Hall–Kier alpha value is -2.28. The highest BCUT2D eigenvalue weighted by Gasteiger charge is 2.08. The van der Waals surface area contributed by atoms with Crippen LogP contribution in [0.3, 0.4) is 0 Å². The molecule has 1 atom stereocenters. The van der Waals surface area contributed by atoms with E-state index in [2.05, 4.69) is 20.8 Å². The fraction of sp³-hybridized carbons (Fsp3) is 0.385. The number of aliphatic hydroxyl groups excluding tert-OH is 1. The van der Waals surface area contributed by atoms with Gasteiger partial charge in [-0.05, 0) is 48.4 Å². The van der Waals surface area contributed by atoms with Crippen LogP contribution in [0.2, 0.25) is 0 Å². The highest BCUT2D eigenvalue weighted by molar-refractivity contribution is 5.91. The van der Waals surface area contributed by atoms with Crippen LogP contribution in [0, 0.1) is 6.92 Å². The number of benzene rings is 1. The van der Waals surface area contributed by atoms with Crippen molar-refractivity contribution in [1.82, 2.24) is 20.2 Å². The zero-order chi connectivity index (χ0) is 14.5. The predicted molar refractivity (Wildman–Crippen MR) is 73.4 cm³/mol. The van der Waals surface area contributed by atoms with E-state index in [1.54, 1.807) is 6.92 Å². The Balaban J connectivity index is 2.11. The zero-order valence-electron chi connectivity index (χ0n) is 11.4. The van der Waals surface area contributed by atoms with Crippen molar-refractivity contribution >= 4 is 11.6 Å². The Bertz CT molecular complexity index is 580. The molecule has 7 nitrogen and oxygen atoms in total. The summed E-state index contributed by atoms with van der Waals surface area (Å²) >= 11 is 0. The molecule has 0 bridgehead atoms. The minimum atomic E-state index is -0.477. The molecule has 0 aliphatic heterocycles. The monoisotopic (exact) mass is 275 g/mol. The number of anilines is 1. The lowest BCUT2D eigenvalue weighted by Crippen LogP contribution is -2.15. The minimum Gasteiger partial charge on any atom is -0.393 e. The van der Waals surface area contributed by atoms with Gasteiger partial charge in [-0.1, -0.05) is 6.07 Å². The number of aromatic nitrogens is 4. The number of hydrogen-bond donors (Lipinski definition) is 2. The number of aliphatic hydroxyl groups is 1. The summed E-state index contributed by atoms with van der Waals surface area (Å²) in [5.74, 6) is -0.122. The van der Waals surface area contributed by atoms with Gasteiger partial charge in [0.15, 0.2) is 0 Å². The van der Waals surface area contributed by atoms with Crippen LogP contribution in [0.4, 0.5) is 5.69 Å². The number of tetrazole rings is 1. The molecule has 7 heteroatoms. The second-order valence-electron chi connectivity index (χ2n) is 4.69. The van der Waals surface area contributed by atoms with E-state index in [4.69, 9.17) is 0 Å². The lowest BCUT2D eigenvalue weighted by molar-refractivity contribution is -0.116. The van der Waals surface area contributed by atoms with Gasteiger partial charge in [-0.3, -0.25) is 4.79 Å². The molecule has 2 N–H and O–H groups in total. The number of aryl methyl sites for hydroxylation is 1. The first kappa shape index (κ1) is 14.1. The molecular formula is C13H17N5O2. The average molecular weight is 275 g/mol. The Morgan fingerprint density at radius 1 is 1.50 bits per heavy atom. The maximum Gasteiger partial charge on any atom is 0.224 e. The fourth-order valence-corrected chi connectivity index (χ4v) is 1.72. The Kier molecular flexibility index (Phi) is 4.41. The molecule has 1 aromatic carbocycles. The Morgan fingerprint density at radius 3 is 2.95 bits per heavy atom. The number of nitrogens with one attached hydrogen (secondary N) is 1. The average Bonchev–Trinajstić information content (AvgIpc) is 2.93. The molecule has 1 unspecified atom stereocenters. The van der Waals surface area contributed by atoms with E-state index >= 15 is 0 Å². The van der Waals surface area contributed by atoms with Crippen molar-refractivity contribution in [2.75, 3.05) is 5.32 Å². The van der Waals surface area contributed by atoms with Crippen LogP contribution in [-0.4, -0.2) is 37.3 Å². The SMILES string of the molecule is Cc1ccc(-n2cnnn2)cc1NC(=O)CCC(C)O. The van der Waals surface area contributed by atoms with Crippen LogP contribution in [0.15, 0.2) is 24.5 Å². The molecule has 1 heterocycles. The second kappa shape index (κ2) is 6.25. The molecule has 0 radical (unpaired) electrons. The molecule has 106 valence electrons. The molecule has 2 rings (SSSR count). The Labute approximate surface area is 116 Å². The van der Waals surface area contributed by atoms with Crippen LogP contribution >= 0.6 is 0 Å². The van der Waals surface area contributed by atoms with Gasteiger partial charge in [0.25, 0.3) is 0 Å². The summed E-state index contributed by atoms with van der Waals surface area (Å²) in [6, 6.07) is 5.57. The van der Waals surface area contributed by atoms with Crippen LogP contribution in [0.5, 0.6) is 0 Å². The van der Waals surface area contributed by atoms with Gasteiger partial charge in [0.1, 0.15) is 6.33 Å². The van der Waals surface area contributed by atoms with E-state index in [0.717, 1.165) is 11.3 Å². The smallest absolute Gasteiger partial charge is 0.224 e. The fourth-order valence-electron chi connectivity index (χ4n) is 1.72. The van der Waals surface area contributed by atoms with E-state index in [0.29, 0.717) is 12.1 Å². The third-order valence-electron chi connectivity index (χ3n) is 2.90. The second-order valence-corrected chi connectivity index (χ2v) is 4.69. The predicted octanol–water partition coefficient (Wildman–Crippen LogP) is 1.07. The van der Waals surface area contributed by atoms with Gasteiger partial charge in [0, 0.05) is 12.1 Å². The molecule has 0 aliphatic rings. The number of hydrogen-bond acceptors (Lipinski definition) is 5. The van der Waals surface area contributed by atoms with E-state index < -0.39 is 6.10 Å². The zero-order valence-corrected chi connectivity index (χ0v) is 11.4. The highest BCUT2D eigenvalue weighted by atomic mass is 16.3. The maximum atomic E-state index is 11.8. The van der Waals surface area contributed by atoms with Gasteiger partial charge < -0.3 is 10.4 Å². The largest absolute Gasteiger partial charge is 0.393 e. The first-order valence-electron chi connectivity index (χ1n) is 6.38. The molecule has 0 fully saturated rings. The number of amides is 1. The Morgan fingerprint density at radius 2 is 2.30 bits per heavy atom. The lowest BCUT2D eigenvalue weighted by atomic mass is 10.1. The molecule has 1 aromatic heterocycles. The van der Waals surface area contributed by atoms with Crippen LogP contribution in [0.25, 0.3) is 5.69 Å². The standard InChI is InChI=1S/C13H17N5O2/c1-9-3-5-11(18-8-14-16-17-18)7-12(9)15-13(20)6-4-10(2)19/h3,5,7-8,10,19H,4,6H2,1-2H3,(H,15,20). The van der Waals surface area contributed by atoms with Crippen molar-refractivity contribution < 1.29 is 9.90 Å². The number of rotatable bonds is 5. The first-order valence-corrected chi connectivity index (χ1v) is 6.38. The summed E-state index contributed by atoms with van der Waals surface area (Å²) < 4.78 is 1.52. The van der Waals surface area contributed by atoms with Gasteiger partial charge in [-0.25, -0.2) is 4.68 Å². The third-order valence-corrected chi connectivity index (χ3v) is 2.90. The quantitative estimate of drug-likeness (QED) is 0.851. The van der Waals surface area contributed by atoms with Gasteiger partial charge in [0.2, 0.25) is 5.91 Å². The molecule has 0 spiro atoms. The van der Waals surface area contributed by atoms with Gasteiger partial charge >= 0.3 is 0 Å². The molecule has 0 aliphatic carbocycles. The number of carbonyl (C=O) groups excluding carboxylic acids is 1. The van der Waals surface area contributed by atoms with Gasteiger partial charge in [0.05, 0.1) is 11.8 Å². The summed E-state index contributed by atoms with van der Waals surface area (Å²) in [6.07, 6.45) is 1.74. The van der Waals surface area contributed by atoms with E-state index in [1.165, 1.54) is 11.0 Å². The first-order chi connectivity index (χ1) is 9.56. The van der Waals surface area contributed by atoms with E-state index in [9.17, 15) is 9.90 Å². The van der Waals surface area contributed by atoms with E-state index in [-0.39, 0.29) is 12.3 Å². The van der Waals surface area contributed by atoms with Crippen molar-refractivity contribution in [3.63, 3.8) is 0 Å². The topological polar surface area (TPSA) is 92.9 Å². The molecule has 0 saturated carbocycles. The number of nitrogens with zero attached hydrogens (tertiary/aromatic N) is 4. The van der Waals surface area contributed by atoms with Crippen molar-refractivity contribution in [1.29, 1.82) is 0 Å². The normalized spacial score (nSPS) is 12.2. The summed E-state index contributed by atoms with van der Waals surface area (Å²) in [4.78, 5) is 11.8. The van der Waals surface area contributed by atoms with Crippen molar-refractivity contribution in [3.05, 3.63) is 30.1 Å². The van der Waals surface area contributed by atoms with Gasteiger partial charge in [-0.15, -0.1) is 5.10 Å². The molecule has 20 heavy (non-hydrogen) atoms. The van der Waals surface area contributed by atoms with Gasteiger partial charge in [-0.2, -0.15) is 0 Å². The van der Waals surface area contributed by atoms with Crippen LogP contribution in [-0.2, 0) is 4.79 Å². The minimum absolute atomic E-state index is 0.122. The highest BCUT2D eigenvalue weighted by Crippen LogP contribution is 2.19. The van der Waals surface area contributed by atoms with E-state index in [1.807, 2.05) is 25.1 Å². The van der Waals surface area contributed by atoms with Crippen LogP contribution in [0.1, 0.15) is 25.3 Å². The summed E-state index contributed by atoms with van der Waals surface area (Å²) in [6.45, 7) is 3.57.